The summed E-state index contributed by atoms with van der Waals surface area (Å²) in [5.41, 5.74) is 6.37. The standard InChI is InChI=1S/C26H28Cl3NO4/c1-4-5-6-7-15-11-22(31-2)24(32-3)23-18(15)12-19-17-13-21-20(33-14-34-21)10-16(17)8-9-30(19)25(23)26(27,28)29/h10-13,25H,4-9,14H2,1-3H3/t25-/m0/s1. The molecule has 5 rings (SSSR count). The van der Waals surface area contributed by atoms with Crippen molar-refractivity contribution in [3.05, 3.63) is 46.0 Å². The second-order valence-electron chi connectivity index (χ2n) is 8.84. The van der Waals surface area contributed by atoms with E-state index in [2.05, 4.69) is 30.0 Å². The van der Waals surface area contributed by atoms with E-state index >= 15 is 0 Å². The van der Waals surface area contributed by atoms with Crippen LogP contribution in [0.2, 0.25) is 0 Å². The maximum atomic E-state index is 6.70. The van der Waals surface area contributed by atoms with Crippen molar-refractivity contribution in [3.8, 4) is 23.0 Å². The second kappa shape index (κ2) is 9.25. The molecule has 0 saturated heterocycles. The van der Waals surface area contributed by atoms with Gasteiger partial charge in [0, 0.05) is 23.4 Å². The van der Waals surface area contributed by atoms with Gasteiger partial charge < -0.3 is 23.8 Å². The average Bonchev–Trinajstić information content (AvgIpc) is 3.27. The molecule has 2 aromatic carbocycles. The van der Waals surface area contributed by atoms with Gasteiger partial charge in [0.15, 0.2) is 23.0 Å². The lowest BCUT2D eigenvalue weighted by Crippen LogP contribution is -2.41. The monoisotopic (exact) mass is 523 g/mol. The summed E-state index contributed by atoms with van der Waals surface area (Å²) >= 11 is 20.1. The third-order valence-electron chi connectivity index (χ3n) is 6.87. The van der Waals surface area contributed by atoms with Crippen molar-refractivity contribution < 1.29 is 18.9 Å². The van der Waals surface area contributed by atoms with E-state index in [1.165, 1.54) is 11.1 Å². The fourth-order valence-electron chi connectivity index (χ4n) is 5.31. The molecule has 0 amide bonds. The predicted molar refractivity (Wildman–Crippen MR) is 137 cm³/mol. The summed E-state index contributed by atoms with van der Waals surface area (Å²) in [6, 6.07) is 5.65. The van der Waals surface area contributed by atoms with Crippen LogP contribution in [0.25, 0.3) is 11.8 Å². The van der Waals surface area contributed by atoms with Crippen LogP contribution in [0.3, 0.4) is 0 Å². The van der Waals surface area contributed by atoms with Gasteiger partial charge in [-0.2, -0.15) is 0 Å². The van der Waals surface area contributed by atoms with Gasteiger partial charge in [0.25, 0.3) is 0 Å². The van der Waals surface area contributed by atoms with Gasteiger partial charge in [0.1, 0.15) is 6.04 Å². The normalized spacial score (nSPS) is 18.1. The lowest BCUT2D eigenvalue weighted by atomic mass is 9.83. The van der Waals surface area contributed by atoms with E-state index in [1.54, 1.807) is 14.2 Å². The van der Waals surface area contributed by atoms with Gasteiger partial charge in [0.2, 0.25) is 10.6 Å². The first-order chi connectivity index (χ1) is 16.4. The fraction of sp³-hybridized carbons (Fsp3) is 0.462. The molecule has 0 spiro atoms. The molecule has 0 bridgehead atoms. The molecule has 0 aliphatic carbocycles. The minimum atomic E-state index is -1.59. The third kappa shape index (κ3) is 3.96. The van der Waals surface area contributed by atoms with Gasteiger partial charge in [-0.15, -0.1) is 0 Å². The first-order valence-corrected chi connectivity index (χ1v) is 12.8. The van der Waals surface area contributed by atoms with E-state index in [4.69, 9.17) is 53.8 Å². The van der Waals surface area contributed by atoms with E-state index in [-0.39, 0.29) is 6.79 Å². The maximum absolute atomic E-state index is 6.70. The molecule has 3 heterocycles. The summed E-state index contributed by atoms with van der Waals surface area (Å²) in [6.45, 7) is 3.13. The molecular formula is C26H28Cl3NO4. The Kier molecular flexibility index (Phi) is 6.47. The molecule has 5 nitrogen and oxygen atoms in total. The van der Waals surface area contributed by atoms with Gasteiger partial charge >= 0.3 is 0 Å². The number of rotatable bonds is 6. The largest absolute Gasteiger partial charge is 0.493 e. The van der Waals surface area contributed by atoms with Gasteiger partial charge in [-0.05, 0) is 60.2 Å². The summed E-state index contributed by atoms with van der Waals surface area (Å²) in [5.74, 6) is 2.80. The quantitative estimate of drug-likeness (QED) is 0.302. The highest BCUT2D eigenvalue weighted by Gasteiger charge is 2.47. The van der Waals surface area contributed by atoms with Crippen LogP contribution < -0.4 is 18.9 Å². The van der Waals surface area contributed by atoms with Crippen molar-refractivity contribution >= 4 is 46.6 Å². The van der Waals surface area contributed by atoms with Crippen LogP contribution in [0, 0.1) is 0 Å². The Morgan fingerprint density at radius 2 is 1.82 bits per heavy atom. The number of alkyl halides is 3. The number of benzene rings is 2. The lowest BCUT2D eigenvalue weighted by Gasteiger charge is -2.46. The summed E-state index contributed by atoms with van der Waals surface area (Å²) in [4.78, 5) is 2.18. The Balaban J connectivity index is 1.76. The van der Waals surface area contributed by atoms with E-state index in [9.17, 15) is 0 Å². The molecule has 0 radical (unpaired) electrons. The number of hydrogen-bond acceptors (Lipinski definition) is 5. The van der Waals surface area contributed by atoms with Crippen LogP contribution in [-0.2, 0) is 12.8 Å². The molecule has 1 atom stereocenters. The number of fused-ring (bicyclic) bond motifs is 5. The summed E-state index contributed by atoms with van der Waals surface area (Å²) in [6.07, 6.45) is 7.27. The van der Waals surface area contributed by atoms with Crippen molar-refractivity contribution in [2.45, 2.75) is 48.9 Å². The lowest BCUT2D eigenvalue weighted by molar-refractivity contribution is 0.174. The number of unbranched alkanes of at least 4 members (excludes halogenated alkanes) is 2. The Bertz CT molecular complexity index is 1140. The highest BCUT2D eigenvalue weighted by molar-refractivity contribution is 6.68. The Hall–Kier alpha value is -1.95. The van der Waals surface area contributed by atoms with Crippen molar-refractivity contribution in [2.24, 2.45) is 0 Å². The molecule has 3 aliphatic heterocycles. The van der Waals surface area contributed by atoms with Gasteiger partial charge in [-0.3, -0.25) is 0 Å². The number of halogens is 3. The maximum Gasteiger partial charge on any atom is 0.231 e. The molecule has 2 aromatic rings. The zero-order chi connectivity index (χ0) is 24.0. The number of hydrogen-bond donors (Lipinski definition) is 0. The average molecular weight is 525 g/mol. The summed E-state index contributed by atoms with van der Waals surface area (Å²) in [5, 5.41) is 0. The van der Waals surface area contributed by atoms with E-state index < -0.39 is 9.83 Å². The molecule has 3 aliphatic rings. The summed E-state index contributed by atoms with van der Waals surface area (Å²) in [7, 11) is 3.28. The Morgan fingerprint density at radius 3 is 2.50 bits per heavy atom. The zero-order valence-corrected chi connectivity index (χ0v) is 21.8. The van der Waals surface area contributed by atoms with Crippen LogP contribution >= 0.6 is 34.8 Å². The SMILES string of the molecule is CCCCCc1cc(OC)c(OC)c2c1C=C1c3cc4c(cc3CCN1[C@@H]2C(Cl)(Cl)Cl)OCO4. The topological polar surface area (TPSA) is 40.2 Å². The number of nitrogens with zero attached hydrogens (tertiary/aromatic N) is 1. The number of methoxy groups -OCH3 is 2. The van der Waals surface area contributed by atoms with E-state index in [0.29, 0.717) is 18.0 Å². The molecule has 182 valence electrons. The number of aryl methyl sites for hydroxylation is 1. The van der Waals surface area contributed by atoms with Crippen molar-refractivity contribution in [1.29, 1.82) is 0 Å². The van der Waals surface area contributed by atoms with Crippen LogP contribution in [0.4, 0.5) is 0 Å². The molecule has 0 N–H and O–H groups in total. The van der Waals surface area contributed by atoms with E-state index in [0.717, 1.165) is 66.0 Å². The van der Waals surface area contributed by atoms with E-state index in [1.807, 2.05) is 6.07 Å². The van der Waals surface area contributed by atoms with Crippen LogP contribution in [-0.4, -0.2) is 36.2 Å². The smallest absolute Gasteiger partial charge is 0.231 e. The van der Waals surface area contributed by atoms with Gasteiger partial charge in [-0.1, -0.05) is 54.6 Å². The summed E-state index contributed by atoms with van der Waals surface area (Å²) < 4.78 is 21.3. The second-order valence-corrected chi connectivity index (χ2v) is 11.2. The molecule has 8 heteroatoms. The van der Waals surface area contributed by atoms with Crippen molar-refractivity contribution in [2.75, 3.05) is 27.6 Å². The van der Waals surface area contributed by atoms with Crippen LogP contribution in [0.1, 0.15) is 60.0 Å². The molecule has 0 fully saturated rings. The van der Waals surface area contributed by atoms with Crippen LogP contribution in [0.15, 0.2) is 18.2 Å². The molecule has 34 heavy (non-hydrogen) atoms. The third-order valence-corrected chi connectivity index (χ3v) is 7.49. The molecule has 0 unspecified atom stereocenters. The van der Waals surface area contributed by atoms with Crippen LogP contribution in [0.5, 0.6) is 23.0 Å². The highest BCUT2D eigenvalue weighted by Crippen LogP contribution is 2.57. The first-order valence-electron chi connectivity index (χ1n) is 11.6. The minimum absolute atomic E-state index is 0.235. The van der Waals surface area contributed by atoms with Gasteiger partial charge in [0.05, 0.1) is 14.2 Å². The first kappa shape index (κ1) is 23.8. The zero-order valence-electron chi connectivity index (χ0n) is 19.6. The van der Waals surface area contributed by atoms with Crippen molar-refractivity contribution in [3.63, 3.8) is 0 Å². The highest BCUT2D eigenvalue weighted by atomic mass is 35.6. The Labute approximate surface area is 215 Å². The molecular weight excluding hydrogens is 497 g/mol. The van der Waals surface area contributed by atoms with Crippen molar-refractivity contribution in [1.82, 2.24) is 4.90 Å². The molecule has 0 aromatic heterocycles. The van der Waals surface area contributed by atoms with Gasteiger partial charge in [-0.25, -0.2) is 0 Å². The predicted octanol–water partition coefficient (Wildman–Crippen LogP) is 6.95. The Morgan fingerprint density at radius 1 is 1.06 bits per heavy atom. The number of ether oxygens (including phenoxy) is 4. The minimum Gasteiger partial charge on any atom is -0.493 e. The fourth-order valence-corrected chi connectivity index (χ4v) is 5.99. The molecule has 0 saturated carbocycles.